The van der Waals surface area contributed by atoms with Gasteiger partial charge in [0, 0.05) is 10.5 Å². The Balaban J connectivity index is 1.75. The number of anilines is 1. The molecule has 0 fully saturated rings. The molecule has 4 aromatic rings. The summed E-state index contributed by atoms with van der Waals surface area (Å²) in [5.41, 5.74) is 1.26. The quantitative estimate of drug-likeness (QED) is 0.193. The number of amides is 1. The molecular formula is C19H10BrFN4O3S2. The van der Waals surface area contributed by atoms with E-state index in [1.165, 1.54) is 36.5 Å². The summed E-state index contributed by atoms with van der Waals surface area (Å²) in [6.45, 7) is 0. The topological polar surface area (TPSA) is 88.7 Å². The van der Waals surface area contributed by atoms with Gasteiger partial charge in [0.15, 0.2) is 0 Å². The zero-order chi connectivity index (χ0) is 21.3. The molecule has 0 radical (unpaired) electrons. The second-order valence-electron chi connectivity index (χ2n) is 5.92. The van der Waals surface area contributed by atoms with Gasteiger partial charge >= 0.3 is 5.00 Å². The summed E-state index contributed by atoms with van der Waals surface area (Å²) in [5, 5.41) is 16.4. The van der Waals surface area contributed by atoms with Gasteiger partial charge in [0.25, 0.3) is 5.91 Å². The van der Waals surface area contributed by atoms with Crippen molar-refractivity contribution in [2.45, 2.75) is 0 Å². The number of hydrazone groups is 1. The molecule has 1 amide bonds. The van der Waals surface area contributed by atoms with Gasteiger partial charge in [-0.3, -0.25) is 14.9 Å². The smallest absolute Gasteiger partial charge is 0.266 e. The summed E-state index contributed by atoms with van der Waals surface area (Å²) in [6, 6.07) is 14.0. The number of thiophene rings is 1. The number of benzene rings is 2. The number of nitro groups is 1. The number of hydrogen-bond acceptors (Lipinski definition) is 7. The first-order valence-corrected chi connectivity index (χ1v) is 10.8. The van der Waals surface area contributed by atoms with Gasteiger partial charge in [0.1, 0.15) is 10.7 Å². The molecule has 11 heteroatoms. The van der Waals surface area contributed by atoms with Gasteiger partial charge in [-0.1, -0.05) is 50.7 Å². The van der Waals surface area contributed by atoms with Crippen LogP contribution in [0, 0.1) is 15.9 Å². The van der Waals surface area contributed by atoms with E-state index in [0.29, 0.717) is 10.2 Å². The SMILES string of the molecule is O=C(c1ccc([N+](=O)[O-])s1)N(/N=C/c1ccc(Br)cc1)c1nc2ccc(F)cc2s1. The number of hydrogen-bond donors (Lipinski definition) is 0. The Morgan fingerprint density at radius 3 is 2.63 bits per heavy atom. The van der Waals surface area contributed by atoms with E-state index in [2.05, 4.69) is 26.0 Å². The molecule has 0 spiro atoms. The Hall–Kier alpha value is -3.02. The monoisotopic (exact) mass is 504 g/mol. The van der Waals surface area contributed by atoms with E-state index in [9.17, 15) is 19.3 Å². The van der Waals surface area contributed by atoms with Crippen molar-refractivity contribution in [3.63, 3.8) is 0 Å². The minimum atomic E-state index is -0.569. The van der Waals surface area contributed by atoms with Crippen LogP contribution in [0.1, 0.15) is 15.2 Å². The number of nitrogens with zero attached hydrogens (tertiary/aromatic N) is 4. The molecule has 0 unspecified atom stereocenters. The fourth-order valence-corrected chi connectivity index (χ4v) is 4.44. The van der Waals surface area contributed by atoms with Gasteiger partial charge in [-0.05, 0) is 42.0 Å². The van der Waals surface area contributed by atoms with Crippen molar-refractivity contribution >= 4 is 71.1 Å². The molecule has 4 rings (SSSR count). The zero-order valence-electron chi connectivity index (χ0n) is 14.9. The highest BCUT2D eigenvalue weighted by Gasteiger charge is 2.24. The van der Waals surface area contributed by atoms with Crippen LogP contribution in [0.2, 0.25) is 0 Å². The highest BCUT2D eigenvalue weighted by molar-refractivity contribution is 9.10. The van der Waals surface area contributed by atoms with Crippen LogP contribution in [-0.4, -0.2) is 22.0 Å². The van der Waals surface area contributed by atoms with Crippen LogP contribution in [0.4, 0.5) is 14.5 Å². The molecule has 150 valence electrons. The van der Waals surface area contributed by atoms with Gasteiger partial charge in [-0.15, -0.1) is 0 Å². The number of aromatic nitrogens is 1. The van der Waals surface area contributed by atoms with Gasteiger partial charge in [0.05, 0.1) is 21.4 Å². The number of carbonyl (C=O) groups excluding carboxylic acids is 1. The Kier molecular flexibility index (Phi) is 5.66. The predicted molar refractivity (Wildman–Crippen MR) is 119 cm³/mol. The number of rotatable bonds is 5. The molecule has 0 aliphatic carbocycles. The normalized spacial score (nSPS) is 11.3. The molecule has 0 saturated carbocycles. The van der Waals surface area contributed by atoms with E-state index in [4.69, 9.17) is 0 Å². The van der Waals surface area contributed by atoms with E-state index in [1.807, 2.05) is 12.1 Å². The molecule has 2 heterocycles. The number of fused-ring (bicyclic) bond motifs is 1. The molecule has 7 nitrogen and oxygen atoms in total. The lowest BCUT2D eigenvalue weighted by atomic mass is 10.2. The summed E-state index contributed by atoms with van der Waals surface area (Å²) in [5.74, 6) is -0.983. The van der Waals surface area contributed by atoms with Gasteiger partial charge < -0.3 is 0 Å². The zero-order valence-corrected chi connectivity index (χ0v) is 18.1. The predicted octanol–water partition coefficient (Wildman–Crippen LogP) is 5.85. The van der Waals surface area contributed by atoms with Gasteiger partial charge in [0.2, 0.25) is 5.13 Å². The third kappa shape index (κ3) is 4.27. The van der Waals surface area contributed by atoms with E-state index in [-0.39, 0.29) is 15.0 Å². The molecule has 0 atom stereocenters. The van der Waals surface area contributed by atoms with Crippen molar-refractivity contribution in [2.24, 2.45) is 5.10 Å². The molecule has 2 aromatic heterocycles. The summed E-state index contributed by atoms with van der Waals surface area (Å²) >= 11 is 5.20. The average molecular weight is 505 g/mol. The van der Waals surface area contributed by atoms with Crippen LogP contribution < -0.4 is 5.01 Å². The third-order valence-electron chi connectivity index (χ3n) is 3.89. The first-order valence-electron chi connectivity index (χ1n) is 8.35. The lowest BCUT2D eigenvalue weighted by Crippen LogP contribution is -2.24. The Bertz CT molecular complexity index is 1290. The van der Waals surface area contributed by atoms with Crippen LogP contribution in [0.25, 0.3) is 10.2 Å². The van der Waals surface area contributed by atoms with Crippen molar-refractivity contribution in [1.82, 2.24) is 4.98 Å². The van der Waals surface area contributed by atoms with Crippen LogP contribution in [0.3, 0.4) is 0 Å². The molecule has 0 aliphatic rings. The van der Waals surface area contributed by atoms with E-state index < -0.39 is 16.6 Å². The summed E-state index contributed by atoms with van der Waals surface area (Å²) < 4.78 is 15.0. The minimum absolute atomic E-state index is 0.139. The standard InChI is InChI=1S/C19H10BrFN4O3S2/c20-12-3-1-11(2-4-12)10-22-24(18(26)15-7-8-17(29-15)25(27)28)19-23-14-6-5-13(21)9-16(14)30-19/h1-10H/b22-10+. The summed E-state index contributed by atoms with van der Waals surface area (Å²) in [6.07, 6.45) is 1.49. The van der Waals surface area contributed by atoms with E-state index >= 15 is 0 Å². The minimum Gasteiger partial charge on any atom is -0.266 e. The first-order chi connectivity index (χ1) is 14.4. The van der Waals surface area contributed by atoms with Crippen LogP contribution >= 0.6 is 38.6 Å². The van der Waals surface area contributed by atoms with Crippen LogP contribution in [0.5, 0.6) is 0 Å². The highest BCUT2D eigenvalue weighted by atomic mass is 79.9. The number of thiazole rings is 1. The third-order valence-corrected chi connectivity index (χ3v) is 6.43. The first kappa shape index (κ1) is 20.3. The number of halogens is 2. The fourth-order valence-electron chi connectivity index (χ4n) is 2.48. The van der Waals surface area contributed by atoms with Crippen LogP contribution in [-0.2, 0) is 0 Å². The molecular weight excluding hydrogens is 495 g/mol. The van der Waals surface area contributed by atoms with Gasteiger partial charge in [-0.25, -0.2) is 9.37 Å². The summed E-state index contributed by atoms with van der Waals surface area (Å²) in [7, 11) is 0. The lowest BCUT2D eigenvalue weighted by Gasteiger charge is -2.12. The maximum Gasteiger partial charge on any atom is 0.324 e. The largest absolute Gasteiger partial charge is 0.324 e. The van der Waals surface area contributed by atoms with Crippen molar-refractivity contribution in [2.75, 3.05) is 5.01 Å². The summed E-state index contributed by atoms with van der Waals surface area (Å²) in [4.78, 5) is 28.0. The maximum absolute atomic E-state index is 13.6. The highest BCUT2D eigenvalue weighted by Crippen LogP contribution is 2.32. The average Bonchev–Trinajstić information content (AvgIpc) is 3.36. The Morgan fingerprint density at radius 1 is 1.17 bits per heavy atom. The molecule has 30 heavy (non-hydrogen) atoms. The van der Waals surface area contributed by atoms with E-state index in [1.54, 1.807) is 12.1 Å². The Morgan fingerprint density at radius 2 is 1.93 bits per heavy atom. The molecule has 2 aromatic carbocycles. The van der Waals surface area contributed by atoms with Crippen molar-refractivity contribution < 1.29 is 14.1 Å². The molecule has 0 bridgehead atoms. The number of carbonyl (C=O) groups is 1. The van der Waals surface area contributed by atoms with Gasteiger partial charge in [-0.2, -0.15) is 10.1 Å². The van der Waals surface area contributed by atoms with Crippen molar-refractivity contribution in [3.05, 3.63) is 85.4 Å². The molecule has 0 aliphatic heterocycles. The fraction of sp³-hybridized carbons (Fsp3) is 0. The molecule has 0 N–H and O–H groups in total. The van der Waals surface area contributed by atoms with Crippen molar-refractivity contribution in [3.8, 4) is 0 Å². The van der Waals surface area contributed by atoms with E-state index in [0.717, 1.165) is 37.7 Å². The second-order valence-corrected chi connectivity index (χ2v) is 8.90. The second kappa shape index (κ2) is 8.38. The van der Waals surface area contributed by atoms with Crippen LogP contribution in [0.15, 0.2) is 64.2 Å². The lowest BCUT2D eigenvalue weighted by molar-refractivity contribution is -0.380. The maximum atomic E-state index is 13.6. The molecule has 0 saturated heterocycles. The Labute approximate surface area is 185 Å². The van der Waals surface area contributed by atoms with Crippen molar-refractivity contribution in [1.29, 1.82) is 0 Å².